The molecular formula is C16H13ClN2O3S. The van der Waals surface area contributed by atoms with Crippen molar-refractivity contribution in [1.82, 2.24) is 9.88 Å². The molecule has 0 aliphatic carbocycles. The van der Waals surface area contributed by atoms with Crippen LogP contribution in [0.1, 0.15) is 5.01 Å². The molecule has 1 fully saturated rings. The fourth-order valence-electron chi connectivity index (χ4n) is 2.54. The summed E-state index contributed by atoms with van der Waals surface area (Å²) in [6.45, 7) is 1.76. The van der Waals surface area contributed by atoms with Gasteiger partial charge in [0.25, 0.3) is 0 Å². The summed E-state index contributed by atoms with van der Waals surface area (Å²) >= 11 is 7.56. The zero-order valence-corrected chi connectivity index (χ0v) is 13.7. The largest absolute Gasteiger partial charge is 0.454 e. The fraction of sp³-hybridized carbons (Fsp3) is 0.250. The van der Waals surface area contributed by atoms with Gasteiger partial charge in [-0.05, 0) is 24.3 Å². The van der Waals surface area contributed by atoms with Crippen molar-refractivity contribution in [2.45, 2.75) is 6.42 Å². The third kappa shape index (κ3) is 2.92. The monoisotopic (exact) mass is 348 g/mol. The SMILES string of the molecule is O=C1OCCN1CCc1nc(-c2cc3cc(Cl)ccc3o2)cs1. The van der Waals surface area contributed by atoms with E-state index in [2.05, 4.69) is 4.98 Å². The Balaban J connectivity index is 1.51. The van der Waals surface area contributed by atoms with Crippen LogP contribution in [-0.4, -0.2) is 35.7 Å². The van der Waals surface area contributed by atoms with Crippen LogP contribution in [0.2, 0.25) is 5.02 Å². The van der Waals surface area contributed by atoms with Crippen molar-refractivity contribution < 1.29 is 13.9 Å². The summed E-state index contributed by atoms with van der Waals surface area (Å²) in [6, 6.07) is 7.47. The predicted molar refractivity (Wildman–Crippen MR) is 89.0 cm³/mol. The molecule has 1 amide bonds. The molecule has 3 heterocycles. The van der Waals surface area contributed by atoms with E-state index in [0.29, 0.717) is 31.1 Å². The summed E-state index contributed by atoms with van der Waals surface area (Å²) in [5.74, 6) is 0.727. The van der Waals surface area contributed by atoms with Crippen molar-refractivity contribution in [3.8, 4) is 11.5 Å². The molecule has 0 radical (unpaired) electrons. The lowest BCUT2D eigenvalue weighted by Gasteiger charge is -2.10. The number of carbonyl (C=O) groups is 1. The van der Waals surface area contributed by atoms with E-state index in [9.17, 15) is 4.79 Å². The minimum atomic E-state index is -0.240. The number of carbonyl (C=O) groups excluding carboxylic acids is 1. The number of cyclic esters (lactones) is 1. The zero-order chi connectivity index (χ0) is 15.8. The van der Waals surface area contributed by atoms with Gasteiger partial charge in [0.2, 0.25) is 0 Å². The Morgan fingerprint density at radius 2 is 2.26 bits per heavy atom. The van der Waals surface area contributed by atoms with E-state index in [4.69, 9.17) is 20.8 Å². The van der Waals surface area contributed by atoms with Crippen LogP contribution in [0.5, 0.6) is 0 Å². The van der Waals surface area contributed by atoms with Crippen LogP contribution in [0.3, 0.4) is 0 Å². The van der Waals surface area contributed by atoms with Gasteiger partial charge in [-0.25, -0.2) is 9.78 Å². The molecule has 1 saturated heterocycles. The molecule has 0 unspecified atom stereocenters. The molecule has 0 saturated carbocycles. The minimum Gasteiger partial charge on any atom is -0.454 e. The lowest BCUT2D eigenvalue weighted by atomic mass is 10.2. The van der Waals surface area contributed by atoms with Gasteiger partial charge in [-0.1, -0.05) is 11.6 Å². The van der Waals surface area contributed by atoms with Crippen molar-refractivity contribution in [1.29, 1.82) is 0 Å². The first-order valence-corrected chi connectivity index (χ1v) is 8.50. The Hall–Kier alpha value is -2.05. The van der Waals surface area contributed by atoms with Crippen LogP contribution in [-0.2, 0) is 11.2 Å². The molecule has 118 valence electrons. The molecule has 1 aromatic carbocycles. The van der Waals surface area contributed by atoms with E-state index in [0.717, 1.165) is 27.4 Å². The Labute approximate surface area is 141 Å². The number of amides is 1. The first kappa shape index (κ1) is 14.5. The highest BCUT2D eigenvalue weighted by molar-refractivity contribution is 7.09. The van der Waals surface area contributed by atoms with Crippen molar-refractivity contribution in [3.05, 3.63) is 39.7 Å². The normalized spacial score (nSPS) is 14.7. The summed E-state index contributed by atoms with van der Waals surface area (Å²) in [5, 5.41) is 4.58. The van der Waals surface area contributed by atoms with Crippen LogP contribution >= 0.6 is 22.9 Å². The van der Waals surface area contributed by atoms with E-state index in [-0.39, 0.29) is 6.09 Å². The number of rotatable bonds is 4. The van der Waals surface area contributed by atoms with Crippen LogP contribution in [0, 0.1) is 0 Å². The first-order chi connectivity index (χ1) is 11.2. The molecule has 0 spiro atoms. The molecule has 0 atom stereocenters. The van der Waals surface area contributed by atoms with Crippen LogP contribution in [0.25, 0.3) is 22.4 Å². The van der Waals surface area contributed by atoms with Gasteiger partial charge in [-0.15, -0.1) is 11.3 Å². The number of thiazole rings is 1. The van der Waals surface area contributed by atoms with Gasteiger partial charge in [-0.2, -0.15) is 0 Å². The van der Waals surface area contributed by atoms with E-state index in [1.165, 1.54) is 0 Å². The van der Waals surface area contributed by atoms with Crippen LogP contribution in [0.15, 0.2) is 34.1 Å². The summed E-state index contributed by atoms with van der Waals surface area (Å²) in [6.07, 6.45) is 0.474. The highest BCUT2D eigenvalue weighted by Gasteiger charge is 2.21. The third-order valence-electron chi connectivity index (χ3n) is 3.72. The minimum absolute atomic E-state index is 0.240. The fourth-order valence-corrected chi connectivity index (χ4v) is 3.50. The summed E-state index contributed by atoms with van der Waals surface area (Å²) in [7, 11) is 0. The number of aromatic nitrogens is 1. The molecule has 0 N–H and O–H groups in total. The summed E-state index contributed by atoms with van der Waals surface area (Å²) in [4.78, 5) is 17.7. The van der Waals surface area contributed by atoms with E-state index < -0.39 is 0 Å². The molecule has 1 aliphatic heterocycles. The number of furan rings is 1. The van der Waals surface area contributed by atoms with Gasteiger partial charge in [0.1, 0.15) is 17.9 Å². The Morgan fingerprint density at radius 1 is 1.35 bits per heavy atom. The second-order valence-corrected chi connectivity index (χ2v) is 6.65. The van der Waals surface area contributed by atoms with Gasteiger partial charge in [0.15, 0.2) is 5.76 Å². The maximum atomic E-state index is 11.4. The quantitative estimate of drug-likeness (QED) is 0.709. The maximum Gasteiger partial charge on any atom is 0.409 e. The molecule has 23 heavy (non-hydrogen) atoms. The standard InChI is InChI=1S/C16H13ClN2O3S/c17-11-1-2-13-10(7-11)8-14(22-13)12-9-23-15(18-12)3-4-19-5-6-21-16(19)20/h1-2,7-9H,3-6H2. The smallest absolute Gasteiger partial charge is 0.409 e. The number of hydrogen-bond donors (Lipinski definition) is 0. The van der Waals surface area contributed by atoms with Gasteiger partial charge >= 0.3 is 6.09 Å². The second-order valence-electron chi connectivity index (χ2n) is 5.27. The molecule has 0 bridgehead atoms. The highest BCUT2D eigenvalue weighted by Crippen LogP contribution is 2.30. The summed E-state index contributed by atoms with van der Waals surface area (Å²) < 4.78 is 10.7. The number of ether oxygens (including phenoxy) is 1. The topological polar surface area (TPSA) is 55.6 Å². The van der Waals surface area contributed by atoms with E-state index in [1.54, 1.807) is 22.3 Å². The van der Waals surface area contributed by atoms with Crippen molar-refractivity contribution in [2.75, 3.05) is 19.7 Å². The lowest BCUT2D eigenvalue weighted by molar-refractivity contribution is 0.159. The van der Waals surface area contributed by atoms with Crippen LogP contribution < -0.4 is 0 Å². The van der Waals surface area contributed by atoms with Crippen LogP contribution in [0.4, 0.5) is 4.79 Å². The Morgan fingerprint density at radius 3 is 3.09 bits per heavy atom. The second kappa shape index (κ2) is 5.86. The van der Waals surface area contributed by atoms with Gasteiger partial charge in [-0.3, -0.25) is 0 Å². The zero-order valence-electron chi connectivity index (χ0n) is 12.1. The Kier molecular flexibility index (Phi) is 3.71. The molecular weight excluding hydrogens is 336 g/mol. The molecule has 4 rings (SSSR count). The van der Waals surface area contributed by atoms with Crippen molar-refractivity contribution in [2.24, 2.45) is 0 Å². The molecule has 1 aliphatic rings. The number of nitrogens with zero attached hydrogens (tertiary/aromatic N) is 2. The predicted octanol–water partition coefficient (Wildman–Crippen LogP) is 4.20. The molecule has 5 nitrogen and oxygen atoms in total. The maximum absolute atomic E-state index is 11.4. The molecule has 7 heteroatoms. The van der Waals surface area contributed by atoms with Gasteiger partial charge in [0, 0.05) is 28.8 Å². The average Bonchev–Trinajstić information content (AvgIpc) is 3.23. The first-order valence-electron chi connectivity index (χ1n) is 7.24. The summed E-state index contributed by atoms with van der Waals surface area (Å²) in [5.41, 5.74) is 1.60. The van der Waals surface area contributed by atoms with Crippen molar-refractivity contribution >= 4 is 40.0 Å². The molecule has 3 aromatic rings. The number of hydrogen-bond acceptors (Lipinski definition) is 5. The Bertz CT molecular complexity index is 873. The van der Waals surface area contributed by atoms with Gasteiger partial charge < -0.3 is 14.1 Å². The van der Waals surface area contributed by atoms with E-state index in [1.807, 2.05) is 23.6 Å². The molecule has 2 aromatic heterocycles. The number of benzene rings is 1. The van der Waals surface area contributed by atoms with Crippen molar-refractivity contribution in [3.63, 3.8) is 0 Å². The van der Waals surface area contributed by atoms with Gasteiger partial charge in [0.05, 0.1) is 11.6 Å². The number of fused-ring (bicyclic) bond motifs is 1. The average molecular weight is 349 g/mol. The number of halogens is 1. The highest BCUT2D eigenvalue weighted by atomic mass is 35.5. The third-order valence-corrected chi connectivity index (χ3v) is 4.87. The van der Waals surface area contributed by atoms with E-state index >= 15 is 0 Å². The lowest BCUT2D eigenvalue weighted by Crippen LogP contribution is -2.26.